The largest absolute Gasteiger partial charge is 0.573 e. The van der Waals surface area contributed by atoms with Crippen LogP contribution in [-0.2, 0) is 0 Å². The number of nitrogens with one attached hydrogen (secondary N) is 1. The van der Waals surface area contributed by atoms with E-state index in [1.807, 2.05) is 0 Å². The standard InChI is InChI=1S/C11H11BrF3NO/c1-7(2)6-16-9-4-3-8(12)5-10(9)17-11(13,14)15/h3-5,16H,1,6H2,2H3. The third kappa shape index (κ3) is 5.12. The first-order valence-electron chi connectivity index (χ1n) is 4.71. The molecule has 0 aliphatic carbocycles. The van der Waals surface area contributed by atoms with E-state index in [0.29, 0.717) is 11.0 Å². The Kier molecular flexibility index (Phi) is 4.45. The number of halogens is 4. The van der Waals surface area contributed by atoms with Crippen LogP contribution in [0.3, 0.4) is 0 Å². The van der Waals surface area contributed by atoms with Gasteiger partial charge in [0.1, 0.15) is 0 Å². The van der Waals surface area contributed by atoms with E-state index in [-0.39, 0.29) is 11.4 Å². The predicted molar refractivity (Wildman–Crippen MR) is 64.1 cm³/mol. The first-order valence-corrected chi connectivity index (χ1v) is 5.51. The summed E-state index contributed by atoms with van der Waals surface area (Å²) >= 11 is 3.09. The van der Waals surface area contributed by atoms with Crippen LogP contribution >= 0.6 is 15.9 Å². The molecular formula is C11H11BrF3NO. The molecule has 0 radical (unpaired) electrons. The average Bonchev–Trinajstić information content (AvgIpc) is 2.13. The van der Waals surface area contributed by atoms with E-state index in [0.717, 1.165) is 5.57 Å². The fourth-order valence-electron chi connectivity index (χ4n) is 1.10. The van der Waals surface area contributed by atoms with Crippen LogP contribution in [0.2, 0.25) is 0 Å². The topological polar surface area (TPSA) is 21.3 Å². The lowest BCUT2D eigenvalue weighted by Crippen LogP contribution is -2.18. The lowest BCUT2D eigenvalue weighted by atomic mass is 10.2. The summed E-state index contributed by atoms with van der Waals surface area (Å²) in [5.41, 5.74) is 1.08. The Balaban J connectivity index is 2.91. The molecule has 0 amide bonds. The van der Waals surface area contributed by atoms with Crippen LogP contribution in [0.4, 0.5) is 18.9 Å². The second-order valence-corrected chi connectivity index (χ2v) is 4.41. The normalized spacial score (nSPS) is 11.1. The fraction of sp³-hybridized carbons (Fsp3) is 0.273. The van der Waals surface area contributed by atoms with E-state index in [1.54, 1.807) is 13.0 Å². The number of benzene rings is 1. The molecule has 0 atom stereocenters. The minimum absolute atomic E-state index is 0.270. The van der Waals surface area contributed by atoms with Crippen LogP contribution < -0.4 is 10.1 Å². The van der Waals surface area contributed by atoms with Crippen LogP contribution in [0.1, 0.15) is 6.92 Å². The number of alkyl halides is 3. The van der Waals surface area contributed by atoms with Crippen LogP contribution in [0.15, 0.2) is 34.8 Å². The Hall–Kier alpha value is -1.17. The summed E-state index contributed by atoms with van der Waals surface area (Å²) in [5.74, 6) is -0.270. The minimum Gasteiger partial charge on any atom is -0.404 e. The van der Waals surface area contributed by atoms with Crippen LogP contribution in [0.25, 0.3) is 0 Å². The number of hydrogen-bond acceptors (Lipinski definition) is 2. The molecule has 0 saturated heterocycles. The highest BCUT2D eigenvalue weighted by atomic mass is 79.9. The Morgan fingerprint density at radius 2 is 2.12 bits per heavy atom. The second-order valence-electron chi connectivity index (χ2n) is 3.50. The first-order chi connectivity index (χ1) is 7.78. The van der Waals surface area contributed by atoms with Crippen molar-refractivity contribution in [1.82, 2.24) is 0 Å². The number of ether oxygens (including phenoxy) is 1. The maximum absolute atomic E-state index is 12.2. The quantitative estimate of drug-likeness (QED) is 0.836. The molecule has 0 heterocycles. The van der Waals surface area contributed by atoms with Gasteiger partial charge in [0.05, 0.1) is 5.69 Å². The molecular weight excluding hydrogens is 299 g/mol. The summed E-state index contributed by atoms with van der Waals surface area (Å²) < 4.78 is 40.9. The molecule has 1 N–H and O–H groups in total. The molecule has 0 unspecified atom stereocenters. The lowest BCUT2D eigenvalue weighted by molar-refractivity contribution is -0.274. The fourth-order valence-corrected chi connectivity index (χ4v) is 1.44. The second kappa shape index (κ2) is 5.44. The van der Waals surface area contributed by atoms with Crippen molar-refractivity contribution in [3.05, 3.63) is 34.8 Å². The maximum Gasteiger partial charge on any atom is 0.573 e. The van der Waals surface area contributed by atoms with Gasteiger partial charge in [0, 0.05) is 11.0 Å². The van der Waals surface area contributed by atoms with Gasteiger partial charge < -0.3 is 10.1 Å². The van der Waals surface area contributed by atoms with Gasteiger partial charge in [0.15, 0.2) is 5.75 Å². The van der Waals surface area contributed by atoms with Crippen LogP contribution in [0, 0.1) is 0 Å². The molecule has 1 aromatic carbocycles. The SMILES string of the molecule is C=C(C)CNc1ccc(Br)cc1OC(F)(F)F. The van der Waals surface area contributed by atoms with E-state index >= 15 is 0 Å². The highest BCUT2D eigenvalue weighted by Gasteiger charge is 2.32. The Bertz CT molecular complexity index is 418. The van der Waals surface area contributed by atoms with Gasteiger partial charge in [0.2, 0.25) is 0 Å². The highest BCUT2D eigenvalue weighted by Crippen LogP contribution is 2.32. The summed E-state index contributed by atoms with van der Waals surface area (Å²) in [7, 11) is 0. The van der Waals surface area contributed by atoms with E-state index in [9.17, 15) is 13.2 Å². The monoisotopic (exact) mass is 309 g/mol. The van der Waals surface area contributed by atoms with Crippen molar-refractivity contribution in [3.8, 4) is 5.75 Å². The molecule has 0 aliphatic rings. The van der Waals surface area contributed by atoms with Crippen molar-refractivity contribution in [2.24, 2.45) is 0 Å². The van der Waals surface area contributed by atoms with Gasteiger partial charge >= 0.3 is 6.36 Å². The van der Waals surface area contributed by atoms with Gasteiger partial charge in [-0.05, 0) is 25.1 Å². The highest BCUT2D eigenvalue weighted by molar-refractivity contribution is 9.10. The van der Waals surface area contributed by atoms with E-state index in [1.165, 1.54) is 12.1 Å². The predicted octanol–water partition coefficient (Wildman–Crippen LogP) is 4.34. The average molecular weight is 310 g/mol. The summed E-state index contributed by atoms with van der Waals surface area (Å²) in [5, 5.41) is 2.82. The molecule has 1 aromatic rings. The number of anilines is 1. The molecule has 1 rings (SSSR count). The van der Waals surface area contributed by atoms with Crippen molar-refractivity contribution >= 4 is 21.6 Å². The Morgan fingerprint density at radius 1 is 1.47 bits per heavy atom. The summed E-state index contributed by atoms with van der Waals surface area (Å²) in [6.45, 7) is 5.82. The number of hydrogen-bond donors (Lipinski definition) is 1. The molecule has 0 aliphatic heterocycles. The zero-order valence-corrected chi connectivity index (χ0v) is 10.7. The van der Waals surface area contributed by atoms with Crippen molar-refractivity contribution < 1.29 is 17.9 Å². The van der Waals surface area contributed by atoms with Gasteiger partial charge in [-0.25, -0.2) is 0 Å². The molecule has 2 nitrogen and oxygen atoms in total. The molecule has 0 aromatic heterocycles. The minimum atomic E-state index is -4.71. The zero-order valence-electron chi connectivity index (χ0n) is 9.07. The van der Waals surface area contributed by atoms with E-state index < -0.39 is 6.36 Å². The molecule has 0 bridgehead atoms. The van der Waals surface area contributed by atoms with Gasteiger partial charge in [-0.3, -0.25) is 0 Å². The van der Waals surface area contributed by atoms with Crippen LogP contribution in [-0.4, -0.2) is 12.9 Å². The van der Waals surface area contributed by atoms with Crippen molar-refractivity contribution in [1.29, 1.82) is 0 Å². The smallest absolute Gasteiger partial charge is 0.404 e. The van der Waals surface area contributed by atoms with Gasteiger partial charge in [-0.2, -0.15) is 0 Å². The zero-order chi connectivity index (χ0) is 13.1. The third-order valence-corrected chi connectivity index (χ3v) is 2.24. The number of rotatable bonds is 4. The van der Waals surface area contributed by atoms with Crippen molar-refractivity contribution in [2.45, 2.75) is 13.3 Å². The van der Waals surface area contributed by atoms with Crippen molar-refractivity contribution in [2.75, 3.05) is 11.9 Å². The van der Waals surface area contributed by atoms with Gasteiger partial charge in [-0.1, -0.05) is 28.1 Å². The molecule has 6 heteroatoms. The molecule has 0 saturated carbocycles. The molecule has 0 spiro atoms. The van der Waals surface area contributed by atoms with Crippen molar-refractivity contribution in [3.63, 3.8) is 0 Å². The molecule has 17 heavy (non-hydrogen) atoms. The summed E-state index contributed by atoms with van der Waals surface area (Å²) in [6, 6.07) is 4.40. The maximum atomic E-state index is 12.2. The molecule has 94 valence electrons. The summed E-state index contributed by atoms with van der Waals surface area (Å²) in [6.07, 6.45) is -4.71. The Morgan fingerprint density at radius 3 is 2.65 bits per heavy atom. The van der Waals surface area contributed by atoms with Crippen LogP contribution in [0.5, 0.6) is 5.75 Å². The van der Waals surface area contributed by atoms with Gasteiger partial charge in [0.25, 0.3) is 0 Å². The summed E-state index contributed by atoms with van der Waals surface area (Å²) in [4.78, 5) is 0. The third-order valence-electron chi connectivity index (χ3n) is 1.75. The lowest BCUT2D eigenvalue weighted by Gasteiger charge is -2.15. The van der Waals surface area contributed by atoms with E-state index in [2.05, 4.69) is 32.6 Å². The first kappa shape index (κ1) is 13.9. The Labute approximate surface area is 106 Å². The molecule has 0 fully saturated rings. The van der Waals surface area contributed by atoms with Gasteiger partial charge in [-0.15, -0.1) is 13.2 Å². The van der Waals surface area contributed by atoms with E-state index in [4.69, 9.17) is 0 Å².